The Labute approximate surface area is 154 Å². The van der Waals surface area contributed by atoms with Gasteiger partial charge >= 0.3 is 0 Å². The van der Waals surface area contributed by atoms with Crippen LogP contribution in [0.5, 0.6) is 0 Å². The van der Waals surface area contributed by atoms with E-state index in [1.165, 1.54) is 0 Å². The van der Waals surface area contributed by atoms with Crippen LogP contribution in [0.1, 0.15) is 35.8 Å². The van der Waals surface area contributed by atoms with Crippen LogP contribution in [0.2, 0.25) is 0 Å². The van der Waals surface area contributed by atoms with Gasteiger partial charge in [0.15, 0.2) is 5.79 Å². The second-order valence-corrected chi connectivity index (χ2v) is 7.49. The van der Waals surface area contributed by atoms with Crippen molar-refractivity contribution >= 4 is 0 Å². The molecule has 2 fully saturated rings. The fraction of sp³-hybridized carbons (Fsp3) is 0.455. The van der Waals surface area contributed by atoms with Crippen LogP contribution in [0, 0.1) is 5.41 Å². The van der Waals surface area contributed by atoms with E-state index in [2.05, 4.69) is 24.3 Å². The molecule has 1 aliphatic heterocycles. The Morgan fingerprint density at radius 1 is 0.731 bits per heavy atom. The minimum Gasteiger partial charge on any atom is -0.396 e. The van der Waals surface area contributed by atoms with E-state index >= 15 is 0 Å². The van der Waals surface area contributed by atoms with Gasteiger partial charge in [-0.2, -0.15) is 0 Å². The molecule has 2 N–H and O–H groups in total. The van der Waals surface area contributed by atoms with Gasteiger partial charge in [0.2, 0.25) is 0 Å². The molecular formula is C22H26O4. The zero-order valence-electron chi connectivity index (χ0n) is 14.9. The summed E-state index contributed by atoms with van der Waals surface area (Å²) in [7, 11) is 0. The molecule has 2 unspecified atom stereocenters. The molecule has 4 heteroatoms. The van der Waals surface area contributed by atoms with Crippen LogP contribution < -0.4 is 0 Å². The molecule has 4 rings (SSSR count). The van der Waals surface area contributed by atoms with Crippen molar-refractivity contribution in [2.45, 2.75) is 30.5 Å². The van der Waals surface area contributed by atoms with Crippen molar-refractivity contribution in [3.05, 3.63) is 71.8 Å². The van der Waals surface area contributed by atoms with Gasteiger partial charge in [-0.15, -0.1) is 0 Å². The third-order valence-electron chi connectivity index (χ3n) is 6.22. The highest BCUT2D eigenvalue weighted by atomic mass is 16.7. The lowest BCUT2D eigenvalue weighted by molar-refractivity contribution is -0.212. The van der Waals surface area contributed by atoms with Crippen molar-refractivity contribution in [1.82, 2.24) is 0 Å². The van der Waals surface area contributed by atoms with Gasteiger partial charge in [-0.25, -0.2) is 0 Å². The summed E-state index contributed by atoms with van der Waals surface area (Å²) < 4.78 is 12.2. The number of aliphatic hydroxyl groups is 2. The molecule has 1 spiro atoms. The average Bonchev–Trinajstić information content (AvgIpc) is 3.17. The van der Waals surface area contributed by atoms with Crippen LogP contribution in [-0.4, -0.2) is 42.4 Å². The van der Waals surface area contributed by atoms with E-state index in [4.69, 9.17) is 9.47 Å². The van der Waals surface area contributed by atoms with E-state index in [-0.39, 0.29) is 25.0 Å². The second kappa shape index (κ2) is 7.12. The molecule has 4 nitrogen and oxygen atoms in total. The summed E-state index contributed by atoms with van der Waals surface area (Å²) in [4.78, 5) is 0. The summed E-state index contributed by atoms with van der Waals surface area (Å²) in [5.74, 6) is -0.763. The van der Waals surface area contributed by atoms with E-state index < -0.39 is 11.2 Å². The lowest BCUT2D eigenvalue weighted by Gasteiger charge is -2.53. The van der Waals surface area contributed by atoms with E-state index in [1.807, 2.05) is 36.4 Å². The van der Waals surface area contributed by atoms with Gasteiger partial charge < -0.3 is 19.7 Å². The third-order valence-corrected chi connectivity index (χ3v) is 6.22. The molecule has 2 atom stereocenters. The lowest BCUT2D eigenvalue weighted by Crippen LogP contribution is -2.53. The van der Waals surface area contributed by atoms with Crippen LogP contribution in [-0.2, 0) is 9.47 Å². The largest absolute Gasteiger partial charge is 0.396 e. The summed E-state index contributed by atoms with van der Waals surface area (Å²) in [5, 5.41) is 21.0. The zero-order valence-corrected chi connectivity index (χ0v) is 14.9. The summed E-state index contributed by atoms with van der Waals surface area (Å²) in [6, 6.07) is 20.3. The Kier molecular flexibility index (Phi) is 4.84. The molecule has 26 heavy (non-hydrogen) atoms. The van der Waals surface area contributed by atoms with Gasteiger partial charge in [0, 0.05) is 18.3 Å². The van der Waals surface area contributed by atoms with E-state index in [0.717, 1.165) is 11.1 Å². The maximum Gasteiger partial charge on any atom is 0.169 e. The van der Waals surface area contributed by atoms with Gasteiger partial charge in [0.05, 0.1) is 26.4 Å². The SMILES string of the molecule is OCC1(CO)C(c2ccccc2)CC2(CC1c1ccccc1)OCCO2. The molecule has 138 valence electrons. The highest BCUT2D eigenvalue weighted by molar-refractivity contribution is 5.32. The Morgan fingerprint density at radius 3 is 1.54 bits per heavy atom. The number of rotatable bonds is 4. The molecule has 0 amide bonds. The van der Waals surface area contributed by atoms with Gasteiger partial charge in [0.1, 0.15) is 0 Å². The Morgan fingerprint density at radius 2 is 1.15 bits per heavy atom. The van der Waals surface area contributed by atoms with E-state index in [1.54, 1.807) is 0 Å². The minimum absolute atomic E-state index is 0.0595. The zero-order chi connectivity index (χ0) is 18.0. The van der Waals surface area contributed by atoms with Gasteiger partial charge in [0.25, 0.3) is 0 Å². The maximum absolute atomic E-state index is 10.5. The molecule has 1 saturated carbocycles. The highest BCUT2D eigenvalue weighted by Crippen LogP contribution is 2.59. The first kappa shape index (κ1) is 17.7. The van der Waals surface area contributed by atoms with Crippen molar-refractivity contribution < 1.29 is 19.7 Å². The predicted octanol–water partition coefficient (Wildman–Crippen LogP) is 3.06. The Balaban J connectivity index is 1.84. The molecule has 2 aliphatic rings. The summed E-state index contributed by atoms with van der Waals surface area (Å²) in [6.07, 6.45) is 1.28. The molecule has 2 aromatic carbocycles. The summed E-state index contributed by atoms with van der Waals surface area (Å²) >= 11 is 0. The standard InChI is InChI=1S/C22H26O4/c23-15-21(16-24)19(17-7-3-1-4-8-17)13-22(25-11-12-26-22)14-20(21)18-9-5-2-6-10-18/h1-10,19-20,23-24H,11-16H2. The number of aliphatic hydroxyl groups excluding tert-OH is 2. The minimum atomic E-state index is -0.663. The van der Waals surface area contributed by atoms with Crippen molar-refractivity contribution in [1.29, 1.82) is 0 Å². The van der Waals surface area contributed by atoms with Crippen molar-refractivity contribution in [3.63, 3.8) is 0 Å². The predicted molar refractivity (Wildman–Crippen MR) is 98.8 cm³/mol. The summed E-state index contributed by atoms with van der Waals surface area (Å²) in [6.45, 7) is 1.01. The topological polar surface area (TPSA) is 58.9 Å². The maximum atomic E-state index is 10.5. The second-order valence-electron chi connectivity index (χ2n) is 7.49. The molecule has 2 aromatic rings. The quantitative estimate of drug-likeness (QED) is 0.886. The lowest BCUT2D eigenvalue weighted by atomic mass is 9.55. The van der Waals surface area contributed by atoms with Gasteiger partial charge in [-0.3, -0.25) is 0 Å². The van der Waals surface area contributed by atoms with Crippen molar-refractivity contribution in [2.75, 3.05) is 26.4 Å². The Bertz CT molecular complexity index is 652. The first-order valence-corrected chi connectivity index (χ1v) is 9.32. The van der Waals surface area contributed by atoms with Crippen LogP contribution in [0.15, 0.2) is 60.7 Å². The first-order chi connectivity index (χ1) is 12.7. The normalized spacial score (nSPS) is 26.8. The van der Waals surface area contributed by atoms with Crippen LogP contribution in [0.25, 0.3) is 0 Å². The molecule has 1 aliphatic carbocycles. The number of hydrogen-bond donors (Lipinski definition) is 2. The number of hydrogen-bond acceptors (Lipinski definition) is 4. The van der Waals surface area contributed by atoms with Gasteiger partial charge in [-0.1, -0.05) is 60.7 Å². The average molecular weight is 354 g/mol. The molecular weight excluding hydrogens is 328 g/mol. The van der Waals surface area contributed by atoms with E-state index in [0.29, 0.717) is 26.1 Å². The smallest absolute Gasteiger partial charge is 0.169 e. The highest BCUT2D eigenvalue weighted by Gasteiger charge is 2.57. The molecule has 0 bridgehead atoms. The van der Waals surface area contributed by atoms with Crippen LogP contribution in [0.3, 0.4) is 0 Å². The van der Waals surface area contributed by atoms with Crippen molar-refractivity contribution in [3.8, 4) is 0 Å². The van der Waals surface area contributed by atoms with Crippen LogP contribution in [0.4, 0.5) is 0 Å². The van der Waals surface area contributed by atoms with Crippen LogP contribution >= 0.6 is 0 Å². The fourth-order valence-electron chi connectivity index (χ4n) is 4.85. The molecule has 0 aromatic heterocycles. The van der Waals surface area contributed by atoms with Crippen molar-refractivity contribution in [2.24, 2.45) is 5.41 Å². The number of benzene rings is 2. The molecule has 0 radical (unpaired) electrons. The number of ether oxygens (including phenoxy) is 2. The van der Waals surface area contributed by atoms with Gasteiger partial charge in [-0.05, 0) is 23.0 Å². The summed E-state index contributed by atoms with van der Waals surface area (Å²) in [5.41, 5.74) is 1.55. The third kappa shape index (κ3) is 2.87. The van der Waals surface area contributed by atoms with E-state index in [9.17, 15) is 10.2 Å². The monoisotopic (exact) mass is 354 g/mol. The first-order valence-electron chi connectivity index (χ1n) is 9.32. The molecule has 1 saturated heterocycles. The Hall–Kier alpha value is -1.72. The fourth-order valence-corrected chi connectivity index (χ4v) is 4.85. The molecule has 1 heterocycles.